The van der Waals surface area contributed by atoms with Crippen LogP contribution >= 0.6 is 0 Å². The van der Waals surface area contributed by atoms with Gasteiger partial charge in [-0.3, -0.25) is 14.2 Å². The monoisotopic (exact) mass is 459 g/mol. The van der Waals surface area contributed by atoms with E-state index in [-0.39, 0.29) is 17.7 Å². The van der Waals surface area contributed by atoms with Gasteiger partial charge in [0.2, 0.25) is 11.8 Å². The lowest BCUT2D eigenvalue weighted by atomic mass is 9.79. The van der Waals surface area contributed by atoms with Crippen molar-refractivity contribution in [3.63, 3.8) is 0 Å². The Kier molecular flexibility index (Phi) is 5.23. The van der Waals surface area contributed by atoms with Crippen LogP contribution in [0.1, 0.15) is 50.7 Å². The van der Waals surface area contributed by atoms with Crippen molar-refractivity contribution in [1.82, 2.24) is 14.8 Å². The molecule has 2 aliphatic rings. The first kappa shape index (κ1) is 22.2. The zero-order valence-corrected chi connectivity index (χ0v) is 19.7. The third kappa shape index (κ3) is 3.56. The van der Waals surface area contributed by atoms with E-state index in [1.807, 2.05) is 75.4 Å². The van der Waals surface area contributed by atoms with Crippen LogP contribution in [-0.4, -0.2) is 45.1 Å². The Morgan fingerprint density at radius 1 is 1.09 bits per heavy atom. The Morgan fingerprint density at radius 3 is 2.53 bits per heavy atom. The first-order chi connectivity index (χ1) is 16.2. The summed E-state index contributed by atoms with van der Waals surface area (Å²) >= 11 is 0. The number of ether oxygens (including phenoxy) is 1. The normalized spacial score (nSPS) is 22.6. The second-order valence-electron chi connectivity index (χ2n) is 10.1. The van der Waals surface area contributed by atoms with E-state index in [0.29, 0.717) is 25.9 Å². The first-order valence-electron chi connectivity index (χ1n) is 11.7. The minimum absolute atomic E-state index is 0.0261. The van der Waals surface area contributed by atoms with Gasteiger partial charge in [0.1, 0.15) is 11.1 Å². The van der Waals surface area contributed by atoms with E-state index in [1.54, 1.807) is 11.1 Å². The second-order valence-corrected chi connectivity index (χ2v) is 10.1. The van der Waals surface area contributed by atoms with Crippen molar-refractivity contribution in [2.45, 2.75) is 57.2 Å². The average molecular weight is 460 g/mol. The number of hydrogen-bond donors (Lipinski definition) is 1. The maximum atomic E-state index is 13.4. The van der Waals surface area contributed by atoms with Gasteiger partial charge in [0, 0.05) is 37.0 Å². The predicted octanol–water partition coefficient (Wildman–Crippen LogP) is 4.20. The van der Waals surface area contributed by atoms with Gasteiger partial charge in [0.25, 0.3) is 0 Å². The molecule has 0 unspecified atom stereocenters. The molecule has 0 radical (unpaired) electrons. The molecule has 2 atom stereocenters. The summed E-state index contributed by atoms with van der Waals surface area (Å²) in [5.41, 5.74) is 0.939. The summed E-state index contributed by atoms with van der Waals surface area (Å²) in [6.45, 7) is 6.26. The summed E-state index contributed by atoms with van der Waals surface area (Å²) in [5.74, 6) is -0.445. The minimum Gasteiger partial charge on any atom is -0.443 e. The molecular formula is C27H29N3O4. The molecular weight excluding hydrogens is 430 g/mol. The van der Waals surface area contributed by atoms with Crippen molar-refractivity contribution in [3.8, 4) is 0 Å². The lowest BCUT2D eigenvalue weighted by molar-refractivity contribution is -0.140. The molecule has 7 nitrogen and oxygen atoms in total. The van der Waals surface area contributed by atoms with Crippen LogP contribution in [0.5, 0.6) is 0 Å². The maximum Gasteiger partial charge on any atom is 0.419 e. The van der Waals surface area contributed by atoms with Crippen molar-refractivity contribution in [2.24, 2.45) is 0 Å². The van der Waals surface area contributed by atoms with E-state index < -0.39 is 17.2 Å². The summed E-state index contributed by atoms with van der Waals surface area (Å²) in [4.78, 5) is 41.2. The number of para-hydroxylation sites is 1. The summed E-state index contributed by atoms with van der Waals surface area (Å²) in [5, 5.41) is 3.90. The minimum atomic E-state index is -0.990. The lowest BCUT2D eigenvalue weighted by Gasteiger charge is -2.37. The number of likely N-dealkylation sites (tertiary alicyclic amines) is 1. The van der Waals surface area contributed by atoms with E-state index in [1.165, 1.54) is 4.57 Å². The Morgan fingerprint density at radius 2 is 1.79 bits per heavy atom. The second kappa shape index (κ2) is 8.01. The lowest BCUT2D eigenvalue weighted by Crippen LogP contribution is -2.53. The largest absolute Gasteiger partial charge is 0.443 e. The van der Waals surface area contributed by atoms with E-state index in [4.69, 9.17) is 4.74 Å². The van der Waals surface area contributed by atoms with Crippen LogP contribution in [0.25, 0.3) is 10.9 Å². The van der Waals surface area contributed by atoms with Gasteiger partial charge < -0.3 is 15.0 Å². The fourth-order valence-electron chi connectivity index (χ4n) is 5.37. The van der Waals surface area contributed by atoms with Crippen LogP contribution in [0.2, 0.25) is 0 Å². The smallest absolute Gasteiger partial charge is 0.419 e. The van der Waals surface area contributed by atoms with Crippen LogP contribution < -0.4 is 5.32 Å². The molecule has 0 saturated carbocycles. The molecule has 2 aromatic carbocycles. The Bertz CT molecular complexity index is 1270. The van der Waals surface area contributed by atoms with Crippen LogP contribution in [0.15, 0.2) is 60.8 Å². The molecule has 2 fully saturated rings. The molecule has 1 N–H and O–H groups in total. The zero-order chi connectivity index (χ0) is 24.1. The van der Waals surface area contributed by atoms with E-state index >= 15 is 0 Å². The molecule has 1 aromatic heterocycles. The maximum absolute atomic E-state index is 13.4. The molecule has 3 heterocycles. The first-order valence-corrected chi connectivity index (χ1v) is 11.7. The zero-order valence-electron chi connectivity index (χ0n) is 19.7. The van der Waals surface area contributed by atoms with Gasteiger partial charge in [-0.15, -0.1) is 0 Å². The molecule has 0 bridgehead atoms. The van der Waals surface area contributed by atoms with Gasteiger partial charge >= 0.3 is 6.09 Å². The molecule has 3 aromatic rings. The topological polar surface area (TPSA) is 80.6 Å². The van der Waals surface area contributed by atoms with Crippen molar-refractivity contribution in [1.29, 1.82) is 0 Å². The van der Waals surface area contributed by atoms with Crippen molar-refractivity contribution in [2.75, 3.05) is 6.54 Å². The fraction of sp³-hybridized carbons (Fsp3) is 0.370. The van der Waals surface area contributed by atoms with Gasteiger partial charge in [-0.25, -0.2) is 4.79 Å². The van der Waals surface area contributed by atoms with Gasteiger partial charge in [-0.1, -0.05) is 48.5 Å². The highest BCUT2D eigenvalue weighted by molar-refractivity contribution is 6.00. The number of benzene rings is 2. The number of fused-ring (bicyclic) bond motifs is 1. The number of hydrogen-bond acceptors (Lipinski definition) is 4. The molecule has 2 amide bonds. The predicted molar refractivity (Wildman–Crippen MR) is 128 cm³/mol. The highest BCUT2D eigenvalue weighted by Gasteiger charge is 2.60. The summed E-state index contributed by atoms with van der Waals surface area (Å²) < 4.78 is 7.16. The highest BCUT2D eigenvalue weighted by atomic mass is 16.6. The molecule has 5 rings (SSSR count). The molecule has 1 spiro atoms. The number of rotatable bonds is 3. The van der Waals surface area contributed by atoms with E-state index in [2.05, 4.69) is 5.32 Å². The number of aromatic nitrogens is 1. The van der Waals surface area contributed by atoms with Crippen LogP contribution in [-0.2, 0) is 20.9 Å². The van der Waals surface area contributed by atoms with Gasteiger partial charge in [-0.05, 0) is 44.4 Å². The molecule has 176 valence electrons. The summed E-state index contributed by atoms with van der Waals surface area (Å²) in [6.07, 6.45) is 2.09. The summed E-state index contributed by atoms with van der Waals surface area (Å²) in [6, 6.07) is 17.4. The standard InChI is InChI=1S/C27H29N3O4/c1-26(2,3)34-25(33)29-17-20(19-11-7-8-12-22(19)29)21-15-28-24(32)27(21)14-13-23(31)30(27)16-18-9-5-4-6-10-18/h4-12,17,21H,13-16H2,1-3H3,(H,28,32)/t21-,27-/m0/s1. The van der Waals surface area contributed by atoms with Gasteiger partial charge in [-0.2, -0.15) is 0 Å². The number of carbonyl (C=O) groups excluding carboxylic acids is 3. The number of carbonyl (C=O) groups is 3. The Balaban J connectivity index is 1.61. The fourth-order valence-corrected chi connectivity index (χ4v) is 5.37. The Labute approximate surface area is 198 Å². The van der Waals surface area contributed by atoms with Gasteiger partial charge in [0.15, 0.2) is 0 Å². The average Bonchev–Trinajstić information content (AvgIpc) is 3.44. The third-order valence-electron chi connectivity index (χ3n) is 6.83. The van der Waals surface area contributed by atoms with Crippen LogP contribution in [0.4, 0.5) is 4.79 Å². The third-order valence-corrected chi connectivity index (χ3v) is 6.83. The van der Waals surface area contributed by atoms with E-state index in [9.17, 15) is 14.4 Å². The molecule has 2 aliphatic heterocycles. The number of nitrogens with zero attached hydrogens (tertiary/aromatic N) is 2. The van der Waals surface area contributed by atoms with Crippen LogP contribution in [0, 0.1) is 0 Å². The SMILES string of the molecule is CC(C)(C)OC(=O)n1cc([C@@H]2CNC(=O)[C@]23CCC(=O)N3Cc2ccccc2)c2ccccc21. The highest BCUT2D eigenvalue weighted by Crippen LogP contribution is 2.47. The van der Waals surface area contributed by atoms with Crippen molar-refractivity contribution < 1.29 is 19.1 Å². The number of amides is 2. The quantitative estimate of drug-likeness (QED) is 0.637. The van der Waals surface area contributed by atoms with E-state index in [0.717, 1.165) is 22.0 Å². The molecule has 2 saturated heterocycles. The molecule has 0 aliphatic carbocycles. The van der Waals surface area contributed by atoms with Gasteiger partial charge in [0.05, 0.1) is 5.52 Å². The van der Waals surface area contributed by atoms with Crippen molar-refractivity contribution in [3.05, 3.63) is 71.9 Å². The Hall–Kier alpha value is -3.61. The molecule has 34 heavy (non-hydrogen) atoms. The van der Waals surface area contributed by atoms with Crippen molar-refractivity contribution >= 4 is 28.8 Å². The molecule has 7 heteroatoms. The van der Waals surface area contributed by atoms with Crippen LogP contribution in [0.3, 0.4) is 0 Å². The number of nitrogens with one attached hydrogen (secondary N) is 1. The summed E-state index contributed by atoms with van der Waals surface area (Å²) in [7, 11) is 0.